The number of piperazine rings is 1. The quantitative estimate of drug-likeness (QED) is 0.367. The molecule has 7 N–H and O–H groups in total. The monoisotopic (exact) mass is 509 g/mol. The summed E-state index contributed by atoms with van der Waals surface area (Å²) in [6.07, 6.45) is 2.03. The number of hydrogen-bond acceptors (Lipinski definition) is 8. The predicted molar refractivity (Wildman–Crippen MR) is 139 cm³/mol. The normalized spacial score (nSPS) is 24.0. The van der Waals surface area contributed by atoms with E-state index in [1.54, 1.807) is 22.1 Å². The third kappa shape index (κ3) is 5.52. The van der Waals surface area contributed by atoms with Crippen LogP contribution in [0, 0.1) is 11.8 Å². The van der Waals surface area contributed by atoms with Gasteiger partial charge in [0.1, 0.15) is 5.82 Å². The maximum Gasteiger partial charge on any atom is 0.354 e. The summed E-state index contributed by atoms with van der Waals surface area (Å²) in [4.78, 5) is 47.4. The molecule has 3 heterocycles. The minimum Gasteiger partial charge on any atom is -0.338 e. The van der Waals surface area contributed by atoms with Gasteiger partial charge >= 0.3 is 11.7 Å². The fourth-order valence-electron chi connectivity index (χ4n) is 5.33. The Morgan fingerprint density at radius 1 is 1.03 bits per heavy atom. The number of nitrogens with one attached hydrogen (secondary N) is 1. The molecule has 1 aromatic carbocycles. The first-order chi connectivity index (χ1) is 17.8. The van der Waals surface area contributed by atoms with Gasteiger partial charge in [0, 0.05) is 58.1 Å². The van der Waals surface area contributed by atoms with Crippen molar-refractivity contribution >= 4 is 17.8 Å². The van der Waals surface area contributed by atoms with Crippen molar-refractivity contribution in [1.82, 2.24) is 24.3 Å². The van der Waals surface area contributed by atoms with Gasteiger partial charge in [0.15, 0.2) is 0 Å². The van der Waals surface area contributed by atoms with E-state index in [1.165, 1.54) is 10.1 Å². The zero-order valence-corrected chi connectivity index (χ0v) is 20.8. The molecule has 3 aliphatic rings. The van der Waals surface area contributed by atoms with E-state index in [9.17, 15) is 14.4 Å². The molecule has 12 heteroatoms. The van der Waals surface area contributed by atoms with Crippen LogP contribution in [0.5, 0.6) is 0 Å². The number of urea groups is 1. The SMILES string of the molecule is NCCC(N)C(=O)N1CCN(C(=O)Nc2ccn(-c3ccc(CN4CC5C(N)C5C4)cc3)c(=O)n2)CC1. The summed E-state index contributed by atoms with van der Waals surface area (Å²) in [5.41, 5.74) is 18.8. The van der Waals surface area contributed by atoms with Gasteiger partial charge in [0.25, 0.3) is 0 Å². The van der Waals surface area contributed by atoms with E-state index < -0.39 is 11.7 Å². The first-order valence-corrected chi connectivity index (χ1v) is 12.8. The number of carbonyl (C=O) groups is 2. The molecule has 0 bridgehead atoms. The zero-order valence-electron chi connectivity index (χ0n) is 20.8. The topological polar surface area (TPSA) is 169 Å². The van der Waals surface area contributed by atoms with Crippen molar-refractivity contribution in [1.29, 1.82) is 0 Å². The molecule has 37 heavy (non-hydrogen) atoms. The maximum atomic E-state index is 12.7. The Hall–Kier alpha value is -3.32. The van der Waals surface area contributed by atoms with Crippen molar-refractivity contribution in [3.8, 4) is 5.69 Å². The fourth-order valence-corrected chi connectivity index (χ4v) is 5.33. The molecule has 2 aliphatic heterocycles. The minimum absolute atomic E-state index is 0.152. The standard InChI is InChI=1S/C25H35N9O3/c26-7-5-20(27)23(35)32-9-11-33(12-10-32)24(36)29-21-6-8-34(25(37)30-21)17-3-1-16(2-4-17)13-31-14-18-19(15-31)22(18)28/h1-4,6,8,18-20,22H,5,7,9-15,26-28H2,(H,29,30,36,37). The lowest BCUT2D eigenvalue weighted by atomic mass is 10.2. The molecule has 198 valence electrons. The molecule has 12 nitrogen and oxygen atoms in total. The first-order valence-electron chi connectivity index (χ1n) is 12.8. The van der Waals surface area contributed by atoms with Crippen LogP contribution < -0.4 is 28.2 Å². The van der Waals surface area contributed by atoms with E-state index >= 15 is 0 Å². The van der Waals surface area contributed by atoms with Gasteiger partial charge in [0.2, 0.25) is 5.91 Å². The number of piperidine rings is 1. The second-order valence-corrected chi connectivity index (χ2v) is 10.2. The Balaban J connectivity index is 1.13. The molecular formula is C25H35N9O3. The molecule has 2 aromatic rings. The number of likely N-dealkylation sites (tertiary alicyclic amines) is 1. The van der Waals surface area contributed by atoms with Crippen molar-refractivity contribution in [2.45, 2.75) is 25.0 Å². The van der Waals surface area contributed by atoms with E-state index in [1.807, 2.05) is 24.3 Å². The molecule has 3 amide bonds. The van der Waals surface area contributed by atoms with Crippen LogP contribution >= 0.6 is 0 Å². The molecule has 3 fully saturated rings. The zero-order chi connectivity index (χ0) is 26.1. The van der Waals surface area contributed by atoms with Crippen molar-refractivity contribution in [3.63, 3.8) is 0 Å². The molecule has 2 saturated heterocycles. The van der Waals surface area contributed by atoms with E-state index in [0.717, 1.165) is 19.6 Å². The lowest BCUT2D eigenvalue weighted by Crippen LogP contribution is -2.55. The van der Waals surface area contributed by atoms with Crippen molar-refractivity contribution in [3.05, 3.63) is 52.6 Å². The molecule has 0 radical (unpaired) electrons. The molecule has 3 atom stereocenters. The number of carbonyl (C=O) groups excluding carboxylic acids is 2. The van der Waals surface area contributed by atoms with Gasteiger partial charge in [-0.2, -0.15) is 4.98 Å². The highest BCUT2D eigenvalue weighted by atomic mass is 16.2. The Morgan fingerprint density at radius 2 is 1.68 bits per heavy atom. The van der Waals surface area contributed by atoms with E-state index in [-0.39, 0.29) is 17.8 Å². The second kappa shape index (κ2) is 10.6. The second-order valence-electron chi connectivity index (χ2n) is 10.2. The Morgan fingerprint density at radius 3 is 2.30 bits per heavy atom. The maximum absolute atomic E-state index is 12.7. The Bertz CT molecular complexity index is 1180. The number of benzene rings is 1. The summed E-state index contributed by atoms with van der Waals surface area (Å²) in [6, 6.07) is 8.85. The van der Waals surface area contributed by atoms with Gasteiger partial charge in [-0.3, -0.25) is 19.6 Å². The highest BCUT2D eigenvalue weighted by Crippen LogP contribution is 2.44. The average Bonchev–Trinajstić information content (AvgIpc) is 3.28. The third-order valence-electron chi connectivity index (χ3n) is 7.67. The number of aromatic nitrogens is 2. The van der Waals surface area contributed by atoms with Crippen molar-refractivity contribution in [2.75, 3.05) is 51.1 Å². The Labute approximate surface area is 215 Å². The summed E-state index contributed by atoms with van der Waals surface area (Å²) in [6.45, 7) is 4.85. The molecule has 5 rings (SSSR count). The smallest absolute Gasteiger partial charge is 0.338 e. The highest BCUT2D eigenvalue weighted by Gasteiger charge is 2.53. The van der Waals surface area contributed by atoms with E-state index in [2.05, 4.69) is 15.2 Å². The Kier molecular flexibility index (Phi) is 7.24. The van der Waals surface area contributed by atoms with Crippen LogP contribution in [-0.4, -0.2) is 94.1 Å². The van der Waals surface area contributed by atoms with Gasteiger partial charge in [-0.1, -0.05) is 12.1 Å². The van der Waals surface area contributed by atoms with Gasteiger partial charge in [-0.25, -0.2) is 9.59 Å². The van der Waals surface area contributed by atoms with Crippen LogP contribution in [0.4, 0.5) is 10.6 Å². The van der Waals surface area contributed by atoms with Crippen molar-refractivity contribution in [2.24, 2.45) is 29.0 Å². The van der Waals surface area contributed by atoms with Crippen LogP contribution in [0.3, 0.4) is 0 Å². The van der Waals surface area contributed by atoms with Crippen LogP contribution in [0.2, 0.25) is 0 Å². The number of anilines is 1. The van der Waals surface area contributed by atoms with E-state index in [4.69, 9.17) is 17.2 Å². The van der Waals surface area contributed by atoms with Gasteiger partial charge in [-0.15, -0.1) is 0 Å². The number of nitrogens with zero attached hydrogens (tertiary/aromatic N) is 5. The van der Waals surface area contributed by atoms with Crippen molar-refractivity contribution < 1.29 is 9.59 Å². The largest absolute Gasteiger partial charge is 0.354 e. The lowest BCUT2D eigenvalue weighted by molar-refractivity contribution is -0.134. The summed E-state index contributed by atoms with van der Waals surface area (Å²) < 4.78 is 1.44. The summed E-state index contributed by atoms with van der Waals surface area (Å²) in [5.74, 6) is 1.34. The summed E-state index contributed by atoms with van der Waals surface area (Å²) >= 11 is 0. The average molecular weight is 510 g/mol. The van der Waals surface area contributed by atoms with Crippen LogP contribution in [0.25, 0.3) is 5.69 Å². The van der Waals surface area contributed by atoms with E-state index in [0.29, 0.717) is 62.7 Å². The van der Waals surface area contributed by atoms with Gasteiger partial charge in [0.05, 0.1) is 11.7 Å². The number of nitrogens with two attached hydrogens (primary N) is 3. The molecule has 1 aliphatic carbocycles. The van der Waals surface area contributed by atoms with Gasteiger partial charge < -0.3 is 27.0 Å². The number of hydrogen-bond donors (Lipinski definition) is 4. The molecular weight excluding hydrogens is 474 g/mol. The fraction of sp³-hybridized carbons (Fsp3) is 0.520. The first kappa shape index (κ1) is 25.3. The molecule has 1 saturated carbocycles. The molecule has 1 aromatic heterocycles. The highest BCUT2D eigenvalue weighted by molar-refractivity contribution is 5.88. The molecule has 3 unspecified atom stereocenters. The van der Waals surface area contributed by atoms with Gasteiger partial charge in [-0.05, 0) is 48.6 Å². The number of fused-ring (bicyclic) bond motifs is 1. The number of rotatable bonds is 7. The van der Waals surface area contributed by atoms with Crippen LogP contribution in [0.1, 0.15) is 12.0 Å². The summed E-state index contributed by atoms with van der Waals surface area (Å²) in [7, 11) is 0. The van der Waals surface area contributed by atoms with Crippen LogP contribution in [-0.2, 0) is 11.3 Å². The third-order valence-corrected chi connectivity index (χ3v) is 7.67. The molecule has 0 spiro atoms. The minimum atomic E-state index is -0.618. The predicted octanol–water partition coefficient (Wildman–Crippen LogP) is -1.03. The lowest BCUT2D eigenvalue weighted by Gasteiger charge is -2.35. The number of amides is 3. The summed E-state index contributed by atoms with van der Waals surface area (Å²) in [5, 5.41) is 2.68. The van der Waals surface area contributed by atoms with Crippen LogP contribution in [0.15, 0.2) is 41.3 Å².